The first kappa shape index (κ1) is 20.9. The third-order valence-electron chi connectivity index (χ3n) is 5.02. The third kappa shape index (κ3) is 4.56. The zero-order valence-corrected chi connectivity index (χ0v) is 18.1. The van der Waals surface area contributed by atoms with Crippen LogP contribution < -0.4 is 15.0 Å². The first-order valence-corrected chi connectivity index (χ1v) is 10.9. The SMILES string of the molecule is CNC(=O)C1CN(C(=O)CSc2nnc(C)n2Cc2ccccc2)c2ccccc2O1. The quantitative estimate of drug-likeness (QED) is 0.595. The van der Waals surface area contributed by atoms with Crippen LogP contribution in [0.15, 0.2) is 59.8 Å². The fraction of sp³-hybridized carbons (Fsp3) is 0.273. The number of benzene rings is 2. The van der Waals surface area contributed by atoms with Gasteiger partial charge in [0.1, 0.15) is 11.6 Å². The molecule has 1 aliphatic heterocycles. The molecule has 4 rings (SSSR count). The molecular formula is C22H23N5O3S. The summed E-state index contributed by atoms with van der Waals surface area (Å²) < 4.78 is 7.77. The van der Waals surface area contributed by atoms with E-state index in [1.165, 1.54) is 11.8 Å². The molecule has 1 aliphatic rings. The van der Waals surface area contributed by atoms with E-state index >= 15 is 0 Å². The van der Waals surface area contributed by atoms with E-state index in [0.717, 1.165) is 11.4 Å². The lowest BCUT2D eigenvalue weighted by Gasteiger charge is -2.33. The van der Waals surface area contributed by atoms with E-state index in [4.69, 9.17) is 4.74 Å². The molecule has 0 saturated carbocycles. The third-order valence-corrected chi connectivity index (χ3v) is 5.98. The molecule has 1 aromatic heterocycles. The Labute approximate surface area is 184 Å². The number of hydrogen-bond donors (Lipinski definition) is 1. The zero-order chi connectivity index (χ0) is 21.8. The molecular weight excluding hydrogens is 414 g/mol. The molecule has 8 nitrogen and oxygen atoms in total. The van der Waals surface area contributed by atoms with Gasteiger partial charge in [0.15, 0.2) is 11.3 Å². The van der Waals surface area contributed by atoms with Crippen LogP contribution in [0.1, 0.15) is 11.4 Å². The van der Waals surface area contributed by atoms with E-state index in [9.17, 15) is 9.59 Å². The van der Waals surface area contributed by atoms with Gasteiger partial charge in [-0.3, -0.25) is 9.59 Å². The van der Waals surface area contributed by atoms with Gasteiger partial charge in [-0.25, -0.2) is 0 Å². The van der Waals surface area contributed by atoms with Crippen molar-refractivity contribution in [2.75, 3.05) is 24.2 Å². The van der Waals surface area contributed by atoms with Crippen molar-refractivity contribution < 1.29 is 14.3 Å². The number of carbonyl (C=O) groups excluding carboxylic acids is 2. The summed E-state index contributed by atoms with van der Waals surface area (Å²) in [5, 5.41) is 11.7. The molecule has 2 aromatic carbocycles. The highest BCUT2D eigenvalue weighted by atomic mass is 32.2. The summed E-state index contributed by atoms with van der Waals surface area (Å²) in [4.78, 5) is 26.9. The van der Waals surface area contributed by atoms with Crippen molar-refractivity contribution in [3.05, 3.63) is 66.0 Å². The molecule has 1 N–H and O–H groups in total. The molecule has 0 radical (unpaired) electrons. The Morgan fingerprint density at radius 2 is 1.87 bits per heavy atom. The number of nitrogens with one attached hydrogen (secondary N) is 1. The molecule has 31 heavy (non-hydrogen) atoms. The number of para-hydroxylation sites is 2. The Kier molecular flexibility index (Phi) is 6.22. The number of ether oxygens (including phenoxy) is 1. The number of thioether (sulfide) groups is 1. The van der Waals surface area contributed by atoms with Gasteiger partial charge in [-0.05, 0) is 24.6 Å². The molecule has 0 bridgehead atoms. The lowest BCUT2D eigenvalue weighted by Crippen LogP contribution is -2.50. The number of hydrogen-bond acceptors (Lipinski definition) is 6. The van der Waals surface area contributed by atoms with E-state index in [2.05, 4.69) is 15.5 Å². The van der Waals surface area contributed by atoms with Gasteiger partial charge in [0, 0.05) is 7.05 Å². The van der Waals surface area contributed by atoms with Crippen LogP contribution in [0.25, 0.3) is 0 Å². The van der Waals surface area contributed by atoms with Gasteiger partial charge in [-0.2, -0.15) is 0 Å². The Bertz CT molecular complexity index is 1090. The molecule has 2 heterocycles. The molecule has 0 fully saturated rings. The molecule has 0 spiro atoms. The maximum Gasteiger partial charge on any atom is 0.262 e. The Morgan fingerprint density at radius 3 is 2.65 bits per heavy atom. The normalized spacial score (nSPS) is 15.2. The van der Waals surface area contributed by atoms with Crippen molar-refractivity contribution in [1.29, 1.82) is 0 Å². The lowest BCUT2D eigenvalue weighted by atomic mass is 10.2. The van der Waals surface area contributed by atoms with E-state index in [1.807, 2.05) is 60.0 Å². The average Bonchev–Trinajstić information content (AvgIpc) is 3.15. The smallest absolute Gasteiger partial charge is 0.262 e. The van der Waals surface area contributed by atoms with Crippen molar-refractivity contribution in [3.63, 3.8) is 0 Å². The fourth-order valence-corrected chi connectivity index (χ4v) is 4.25. The Balaban J connectivity index is 1.50. The summed E-state index contributed by atoms with van der Waals surface area (Å²) in [5.41, 5.74) is 1.80. The maximum absolute atomic E-state index is 13.1. The predicted octanol–water partition coefficient (Wildman–Crippen LogP) is 2.27. The van der Waals surface area contributed by atoms with Crippen LogP contribution in [-0.2, 0) is 16.1 Å². The van der Waals surface area contributed by atoms with Crippen molar-refractivity contribution >= 4 is 29.3 Å². The molecule has 0 saturated heterocycles. The van der Waals surface area contributed by atoms with Gasteiger partial charge >= 0.3 is 0 Å². The minimum Gasteiger partial charge on any atom is -0.477 e. The average molecular weight is 438 g/mol. The number of likely N-dealkylation sites (N-methyl/N-ethyl adjacent to an activating group) is 1. The standard InChI is InChI=1S/C22H23N5O3S/c1-15-24-25-22(26(15)12-16-8-4-3-5-9-16)31-14-20(28)27-13-19(21(29)23-2)30-18-11-7-6-10-17(18)27/h3-11,19H,12-14H2,1-2H3,(H,23,29). The minimum atomic E-state index is -0.752. The van der Waals surface area contributed by atoms with Gasteiger partial charge in [-0.1, -0.05) is 54.2 Å². The first-order valence-electron chi connectivity index (χ1n) is 9.91. The summed E-state index contributed by atoms with van der Waals surface area (Å²) in [6, 6.07) is 17.3. The predicted molar refractivity (Wildman–Crippen MR) is 118 cm³/mol. The van der Waals surface area contributed by atoms with Crippen molar-refractivity contribution in [3.8, 4) is 5.75 Å². The first-order chi connectivity index (χ1) is 15.1. The van der Waals surface area contributed by atoms with Crippen LogP contribution >= 0.6 is 11.8 Å². The molecule has 1 unspecified atom stereocenters. The summed E-state index contributed by atoms with van der Waals surface area (Å²) in [6.45, 7) is 2.69. The summed E-state index contributed by atoms with van der Waals surface area (Å²) in [5.74, 6) is 1.08. The summed E-state index contributed by atoms with van der Waals surface area (Å²) in [6.07, 6.45) is -0.752. The minimum absolute atomic E-state index is 0.124. The van der Waals surface area contributed by atoms with Crippen molar-refractivity contribution in [1.82, 2.24) is 20.1 Å². The zero-order valence-electron chi connectivity index (χ0n) is 17.3. The molecule has 9 heteroatoms. The molecule has 1 atom stereocenters. The van der Waals surface area contributed by atoms with Crippen LogP contribution in [-0.4, -0.2) is 52.0 Å². The number of amides is 2. The highest BCUT2D eigenvalue weighted by Gasteiger charge is 2.33. The monoisotopic (exact) mass is 437 g/mol. The molecule has 2 amide bonds. The van der Waals surface area contributed by atoms with Crippen molar-refractivity contribution in [2.45, 2.75) is 24.7 Å². The second-order valence-electron chi connectivity index (χ2n) is 7.08. The van der Waals surface area contributed by atoms with Gasteiger partial charge in [0.25, 0.3) is 5.91 Å². The number of rotatable bonds is 6. The van der Waals surface area contributed by atoms with Gasteiger partial charge in [-0.15, -0.1) is 10.2 Å². The number of fused-ring (bicyclic) bond motifs is 1. The van der Waals surface area contributed by atoms with E-state index in [1.54, 1.807) is 18.0 Å². The molecule has 3 aromatic rings. The maximum atomic E-state index is 13.1. The van der Waals surface area contributed by atoms with E-state index in [0.29, 0.717) is 23.1 Å². The van der Waals surface area contributed by atoms with E-state index in [-0.39, 0.29) is 24.1 Å². The fourth-order valence-electron chi connectivity index (χ4n) is 3.39. The number of anilines is 1. The number of nitrogens with zero attached hydrogens (tertiary/aromatic N) is 4. The Hall–Kier alpha value is -3.33. The van der Waals surface area contributed by atoms with Crippen LogP contribution in [0.4, 0.5) is 5.69 Å². The second-order valence-corrected chi connectivity index (χ2v) is 8.03. The van der Waals surface area contributed by atoms with Crippen LogP contribution in [0.3, 0.4) is 0 Å². The van der Waals surface area contributed by atoms with Crippen LogP contribution in [0.5, 0.6) is 5.75 Å². The Morgan fingerprint density at radius 1 is 1.13 bits per heavy atom. The molecule has 0 aliphatic carbocycles. The molecule has 160 valence electrons. The summed E-state index contributed by atoms with van der Waals surface area (Å²) >= 11 is 1.34. The van der Waals surface area contributed by atoms with Gasteiger partial charge < -0.3 is 19.5 Å². The number of carbonyl (C=O) groups is 2. The lowest BCUT2D eigenvalue weighted by molar-refractivity contribution is -0.127. The highest BCUT2D eigenvalue weighted by Crippen LogP contribution is 2.34. The van der Waals surface area contributed by atoms with Gasteiger partial charge in [0.2, 0.25) is 5.91 Å². The highest BCUT2D eigenvalue weighted by molar-refractivity contribution is 7.99. The number of aromatic nitrogens is 3. The number of aryl methyl sites for hydroxylation is 1. The summed E-state index contributed by atoms with van der Waals surface area (Å²) in [7, 11) is 1.55. The van der Waals surface area contributed by atoms with Crippen LogP contribution in [0.2, 0.25) is 0 Å². The van der Waals surface area contributed by atoms with Crippen LogP contribution in [0, 0.1) is 6.92 Å². The topological polar surface area (TPSA) is 89.4 Å². The van der Waals surface area contributed by atoms with Gasteiger partial charge in [0.05, 0.1) is 24.5 Å². The van der Waals surface area contributed by atoms with E-state index < -0.39 is 6.10 Å². The van der Waals surface area contributed by atoms with Crippen molar-refractivity contribution in [2.24, 2.45) is 0 Å². The second kappa shape index (κ2) is 9.22. The largest absolute Gasteiger partial charge is 0.477 e.